The predicted molar refractivity (Wildman–Crippen MR) is 108 cm³/mol. The molecule has 0 radical (unpaired) electrons. The molecule has 0 amide bonds. The van der Waals surface area contributed by atoms with Gasteiger partial charge in [0.15, 0.2) is 5.03 Å². The number of rotatable bonds is 4. The summed E-state index contributed by atoms with van der Waals surface area (Å²) in [6.45, 7) is 2.81. The monoisotopic (exact) mass is 414 g/mol. The van der Waals surface area contributed by atoms with Crippen LogP contribution in [-0.4, -0.2) is 40.3 Å². The van der Waals surface area contributed by atoms with Crippen LogP contribution in [0.1, 0.15) is 30.1 Å². The molecule has 29 heavy (non-hydrogen) atoms. The molecule has 0 unspecified atom stereocenters. The lowest BCUT2D eigenvalue weighted by Gasteiger charge is -2.30. The van der Waals surface area contributed by atoms with Gasteiger partial charge in [-0.25, -0.2) is 17.8 Å². The van der Waals surface area contributed by atoms with Crippen molar-refractivity contribution in [1.82, 2.24) is 18.8 Å². The molecule has 0 bridgehead atoms. The van der Waals surface area contributed by atoms with Crippen LogP contribution < -0.4 is 0 Å². The molecule has 0 N–H and O–H groups in total. The summed E-state index contributed by atoms with van der Waals surface area (Å²) in [5.74, 6) is -0.0782. The number of halogens is 1. The van der Waals surface area contributed by atoms with Gasteiger partial charge in [0.1, 0.15) is 5.82 Å². The Labute approximate surface area is 170 Å². The third-order valence-electron chi connectivity index (χ3n) is 5.31. The number of benzene rings is 1. The van der Waals surface area contributed by atoms with Crippen molar-refractivity contribution >= 4 is 10.0 Å². The lowest BCUT2D eigenvalue weighted by atomic mass is 9.92. The first-order valence-corrected chi connectivity index (χ1v) is 11.0. The van der Waals surface area contributed by atoms with Crippen molar-refractivity contribution in [2.45, 2.75) is 30.7 Å². The molecule has 8 heteroatoms. The fraction of sp³-hybridized carbons (Fsp3) is 0.333. The van der Waals surface area contributed by atoms with Crippen LogP contribution in [0.3, 0.4) is 0 Å². The molecule has 6 nitrogen and oxygen atoms in total. The van der Waals surface area contributed by atoms with Crippen LogP contribution in [0.5, 0.6) is 0 Å². The fourth-order valence-corrected chi connectivity index (χ4v) is 5.19. The molecule has 4 rings (SSSR count). The Kier molecular flexibility index (Phi) is 5.23. The summed E-state index contributed by atoms with van der Waals surface area (Å²) >= 11 is 0. The standard InChI is InChI=1S/C21H23FN4O2S/c1-15-11-18(16-3-5-19(22)6-4-16)12-20(24-15)17-7-9-26(10-8-17)29(27,28)21-13-25(2)14-23-21/h3-6,11-14,17H,7-10H2,1-2H3. The number of imidazole rings is 1. The van der Waals surface area contributed by atoms with Gasteiger partial charge in [-0.3, -0.25) is 4.98 Å². The van der Waals surface area contributed by atoms with Crippen molar-refractivity contribution in [2.24, 2.45) is 7.05 Å². The van der Waals surface area contributed by atoms with E-state index >= 15 is 0 Å². The summed E-state index contributed by atoms with van der Waals surface area (Å²) in [5, 5.41) is 0.0886. The van der Waals surface area contributed by atoms with Gasteiger partial charge in [-0.15, -0.1) is 0 Å². The number of aromatic nitrogens is 3. The second-order valence-electron chi connectivity index (χ2n) is 7.48. The van der Waals surface area contributed by atoms with Gasteiger partial charge in [0, 0.05) is 43.6 Å². The second kappa shape index (κ2) is 7.68. The van der Waals surface area contributed by atoms with Crippen LogP contribution in [0, 0.1) is 12.7 Å². The molecule has 1 aliphatic heterocycles. The summed E-state index contributed by atoms with van der Waals surface area (Å²) in [4.78, 5) is 8.69. The highest BCUT2D eigenvalue weighted by atomic mass is 32.2. The summed E-state index contributed by atoms with van der Waals surface area (Å²) < 4.78 is 41.9. The molecule has 2 aromatic heterocycles. The Balaban J connectivity index is 1.52. The number of aryl methyl sites for hydroxylation is 2. The second-order valence-corrected chi connectivity index (χ2v) is 9.37. The van der Waals surface area contributed by atoms with Gasteiger partial charge >= 0.3 is 0 Å². The Morgan fingerprint density at radius 1 is 1.07 bits per heavy atom. The molecule has 0 atom stereocenters. The first kappa shape index (κ1) is 19.7. The van der Waals surface area contributed by atoms with Crippen molar-refractivity contribution in [2.75, 3.05) is 13.1 Å². The summed E-state index contributed by atoms with van der Waals surface area (Å²) in [6, 6.07) is 10.4. The largest absolute Gasteiger partial charge is 0.339 e. The highest BCUT2D eigenvalue weighted by Crippen LogP contribution is 2.32. The number of piperidine rings is 1. The molecule has 1 aromatic carbocycles. The van der Waals surface area contributed by atoms with E-state index in [0.717, 1.165) is 22.5 Å². The van der Waals surface area contributed by atoms with Gasteiger partial charge in [-0.05, 0) is 55.2 Å². The van der Waals surface area contributed by atoms with E-state index in [2.05, 4.69) is 4.98 Å². The number of sulfonamides is 1. The highest BCUT2D eigenvalue weighted by Gasteiger charge is 2.32. The highest BCUT2D eigenvalue weighted by molar-refractivity contribution is 7.89. The predicted octanol–water partition coefficient (Wildman–Crippen LogP) is 3.50. The maximum atomic E-state index is 13.2. The summed E-state index contributed by atoms with van der Waals surface area (Å²) in [7, 11) is -1.81. The van der Waals surface area contributed by atoms with Gasteiger partial charge in [-0.2, -0.15) is 4.31 Å². The van der Waals surface area contributed by atoms with E-state index in [0.29, 0.717) is 25.9 Å². The minimum Gasteiger partial charge on any atom is -0.339 e. The Morgan fingerprint density at radius 2 is 1.76 bits per heavy atom. The molecule has 1 aliphatic rings. The smallest absolute Gasteiger partial charge is 0.262 e. The van der Waals surface area contributed by atoms with Gasteiger partial charge in [-0.1, -0.05) is 12.1 Å². The third kappa shape index (κ3) is 4.09. The number of hydrogen-bond donors (Lipinski definition) is 0. The average Bonchev–Trinajstić information content (AvgIpc) is 3.15. The molecule has 0 saturated carbocycles. The molecule has 1 saturated heterocycles. The summed E-state index contributed by atoms with van der Waals surface area (Å²) in [5.41, 5.74) is 3.79. The van der Waals surface area contributed by atoms with E-state index in [9.17, 15) is 12.8 Å². The van der Waals surface area contributed by atoms with E-state index in [1.54, 1.807) is 23.7 Å². The molecular weight excluding hydrogens is 391 g/mol. The number of hydrogen-bond acceptors (Lipinski definition) is 4. The molecule has 152 valence electrons. The molecule has 3 aromatic rings. The molecular formula is C21H23FN4O2S. The topological polar surface area (TPSA) is 68.1 Å². The summed E-state index contributed by atoms with van der Waals surface area (Å²) in [6.07, 6.45) is 4.42. The minimum absolute atomic E-state index is 0.0886. The average molecular weight is 415 g/mol. The van der Waals surface area contributed by atoms with Crippen LogP contribution in [-0.2, 0) is 17.1 Å². The molecule has 1 fully saturated rings. The van der Waals surface area contributed by atoms with Crippen molar-refractivity contribution in [1.29, 1.82) is 0 Å². The Hall–Kier alpha value is -2.58. The first-order valence-electron chi connectivity index (χ1n) is 9.55. The fourth-order valence-electron chi connectivity index (χ4n) is 3.76. The van der Waals surface area contributed by atoms with Crippen molar-refractivity contribution in [3.05, 3.63) is 66.1 Å². The van der Waals surface area contributed by atoms with Gasteiger partial charge in [0.2, 0.25) is 0 Å². The van der Waals surface area contributed by atoms with Crippen LogP contribution >= 0.6 is 0 Å². The SMILES string of the molecule is Cc1cc(-c2ccc(F)cc2)cc(C2CCN(S(=O)(=O)c3cn(C)cn3)CC2)n1. The molecule has 0 aliphatic carbocycles. The Morgan fingerprint density at radius 3 is 2.38 bits per heavy atom. The van der Waals surface area contributed by atoms with E-state index in [-0.39, 0.29) is 16.8 Å². The normalized spacial score (nSPS) is 16.2. The molecule has 3 heterocycles. The van der Waals surface area contributed by atoms with Crippen LogP contribution in [0.4, 0.5) is 4.39 Å². The van der Waals surface area contributed by atoms with E-state index in [1.807, 2.05) is 19.1 Å². The van der Waals surface area contributed by atoms with E-state index in [4.69, 9.17) is 4.98 Å². The quantitative estimate of drug-likeness (QED) is 0.655. The molecule has 0 spiro atoms. The zero-order chi connectivity index (χ0) is 20.6. The van der Waals surface area contributed by atoms with Gasteiger partial charge in [0.25, 0.3) is 10.0 Å². The lowest BCUT2D eigenvalue weighted by Crippen LogP contribution is -2.38. The number of nitrogens with zero attached hydrogens (tertiary/aromatic N) is 4. The van der Waals surface area contributed by atoms with Crippen LogP contribution in [0.2, 0.25) is 0 Å². The first-order chi connectivity index (χ1) is 13.8. The van der Waals surface area contributed by atoms with E-state index < -0.39 is 10.0 Å². The van der Waals surface area contributed by atoms with Crippen molar-refractivity contribution < 1.29 is 12.8 Å². The van der Waals surface area contributed by atoms with E-state index in [1.165, 1.54) is 29.0 Å². The van der Waals surface area contributed by atoms with Gasteiger partial charge < -0.3 is 4.57 Å². The number of pyridine rings is 1. The minimum atomic E-state index is -3.56. The van der Waals surface area contributed by atoms with Gasteiger partial charge in [0.05, 0.1) is 6.33 Å². The lowest BCUT2D eigenvalue weighted by molar-refractivity contribution is 0.316. The van der Waals surface area contributed by atoms with Crippen molar-refractivity contribution in [3.63, 3.8) is 0 Å². The van der Waals surface area contributed by atoms with Crippen molar-refractivity contribution in [3.8, 4) is 11.1 Å². The third-order valence-corrected chi connectivity index (χ3v) is 7.09. The van der Waals surface area contributed by atoms with Crippen LogP contribution in [0.25, 0.3) is 11.1 Å². The zero-order valence-corrected chi connectivity index (χ0v) is 17.2. The zero-order valence-electron chi connectivity index (χ0n) is 16.4. The maximum absolute atomic E-state index is 13.2. The maximum Gasteiger partial charge on any atom is 0.262 e. The Bertz CT molecular complexity index is 1120. The van der Waals surface area contributed by atoms with Crippen LogP contribution in [0.15, 0.2) is 53.9 Å².